The topological polar surface area (TPSA) is 67.4 Å². The van der Waals surface area contributed by atoms with Crippen molar-refractivity contribution >= 4 is 17.5 Å². The lowest BCUT2D eigenvalue weighted by molar-refractivity contribution is 0.0954. The second-order valence-electron chi connectivity index (χ2n) is 6.72. The SMILES string of the molecule is COc1ccccc1CCNC(=O)c1cccc(C(=O)Nc2ccc(C)cc2)c1. The zero-order valence-electron chi connectivity index (χ0n) is 16.6. The molecule has 0 fully saturated rings. The molecule has 3 rings (SSSR count). The molecule has 29 heavy (non-hydrogen) atoms. The standard InChI is InChI=1S/C24H24N2O3/c1-17-10-12-21(13-11-17)26-24(28)20-8-5-7-19(16-20)23(27)25-15-14-18-6-3-4-9-22(18)29-2/h3-13,16H,14-15H2,1-2H3,(H,25,27)(H,26,28). The molecule has 0 saturated heterocycles. The van der Waals surface area contributed by atoms with Crippen molar-refractivity contribution < 1.29 is 14.3 Å². The molecule has 2 N–H and O–H groups in total. The van der Waals surface area contributed by atoms with E-state index in [-0.39, 0.29) is 11.8 Å². The fraction of sp³-hybridized carbons (Fsp3) is 0.167. The van der Waals surface area contributed by atoms with Gasteiger partial charge in [-0.2, -0.15) is 0 Å². The molecule has 0 spiro atoms. The Morgan fingerprint density at radius 3 is 2.28 bits per heavy atom. The summed E-state index contributed by atoms with van der Waals surface area (Å²) in [6, 6.07) is 22.0. The first-order valence-corrected chi connectivity index (χ1v) is 9.45. The summed E-state index contributed by atoms with van der Waals surface area (Å²) in [7, 11) is 1.63. The van der Waals surface area contributed by atoms with E-state index in [2.05, 4.69) is 10.6 Å². The monoisotopic (exact) mass is 388 g/mol. The van der Waals surface area contributed by atoms with Gasteiger partial charge in [-0.05, 0) is 55.3 Å². The van der Waals surface area contributed by atoms with Crippen LogP contribution in [0.25, 0.3) is 0 Å². The highest BCUT2D eigenvalue weighted by atomic mass is 16.5. The quantitative estimate of drug-likeness (QED) is 0.637. The Kier molecular flexibility index (Phi) is 6.63. The van der Waals surface area contributed by atoms with Crippen molar-refractivity contribution in [3.05, 3.63) is 95.1 Å². The Bertz CT molecular complexity index is 997. The number of carbonyl (C=O) groups excluding carboxylic acids is 2. The second kappa shape index (κ2) is 9.55. The van der Waals surface area contributed by atoms with Crippen LogP contribution >= 0.6 is 0 Å². The van der Waals surface area contributed by atoms with E-state index in [1.807, 2.05) is 55.5 Å². The summed E-state index contributed by atoms with van der Waals surface area (Å²) in [4.78, 5) is 25.0. The van der Waals surface area contributed by atoms with Gasteiger partial charge in [0.2, 0.25) is 0 Å². The molecule has 2 amide bonds. The van der Waals surface area contributed by atoms with Crippen LogP contribution in [0.4, 0.5) is 5.69 Å². The van der Waals surface area contributed by atoms with E-state index in [0.717, 1.165) is 16.9 Å². The highest BCUT2D eigenvalue weighted by Gasteiger charge is 2.11. The minimum absolute atomic E-state index is 0.218. The third-order valence-corrected chi connectivity index (χ3v) is 4.57. The molecule has 0 heterocycles. The van der Waals surface area contributed by atoms with Crippen LogP contribution in [0.5, 0.6) is 5.75 Å². The van der Waals surface area contributed by atoms with Gasteiger partial charge in [-0.3, -0.25) is 9.59 Å². The third kappa shape index (κ3) is 5.45. The summed E-state index contributed by atoms with van der Waals surface area (Å²) >= 11 is 0. The molecule has 0 aromatic heterocycles. The highest BCUT2D eigenvalue weighted by Crippen LogP contribution is 2.17. The number of aryl methyl sites for hydroxylation is 1. The zero-order chi connectivity index (χ0) is 20.6. The van der Waals surface area contributed by atoms with Gasteiger partial charge in [-0.25, -0.2) is 0 Å². The van der Waals surface area contributed by atoms with E-state index >= 15 is 0 Å². The Balaban J connectivity index is 1.60. The van der Waals surface area contributed by atoms with E-state index in [1.54, 1.807) is 31.4 Å². The van der Waals surface area contributed by atoms with Crippen molar-refractivity contribution in [1.29, 1.82) is 0 Å². The molecule has 0 aliphatic carbocycles. The summed E-state index contributed by atoms with van der Waals surface area (Å²) in [5, 5.41) is 5.74. The van der Waals surface area contributed by atoms with E-state index in [0.29, 0.717) is 29.8 Å². The Labute approximate surface area is 170 Å². The highest BCUT2D eigenvalue weighted by molar-refractivity contribution is 6.06. The number of carbonyl (C=O) groups is 2. The van der Waals surface area contributed by atoms with Crippen LogP contribution in [-0.2, 0) is 6.42 Å². The number of hydrogen-bond donors (Lipinski definition) is 2. The number of ether oxygens (including phenoxy) is 1. The first kappa shape index (κ1) is 20.1. The predicted molar refractivity (Wildman–Crippen MR) is 115 cm³/mol. The maximum absolute atomic E-state index is 12.5. The molecule has 0 aliphatic heterocycles. The molecule has 148 valence electrons. The lowest BCUT2D eigenvalue weighted by Gasteiger charge is -2.10. The van der Waals surface area contributed by atoms with Crippen LogP contribution in [0.3, 0.4) is 0 Å². The molecule has 0 radical (unpaired) electrons. The Morgan fingerprint density at radius 1 is 0.862 bits per heavy atom. The molecule has 0 aliphatic rings. The number of amides is 2. The van der Waals surface area contributed by atoms with Gasteiger partial charge < -0.3 is 15.4 Å². The van der Waals surface area contributed by atoms with Crippen molar-refractivity contribution in [1.82, 2.24) is 5.32 Å². The molecule has 3 aromatic carbocycles. The minimum atomic E-state index is -0.252. The van der Waals surface area contributed by atoms with Crippen molar-refractivity contribution in [3.8, 4) is 5.75 Å². The summed E-state index contributed by atoms with van der Waals surface area (Å²) < 4.78 is 5.33. The summed E-state index contributed by atoms with van der Waals surface area (Å²) in [5.41, 5.74) is 3.74. The predicted octanol–water partition coefficient (Wildman–Crippen LogP) is 4.23. The number of rotatable bonds is 7. The smallest absolute Gasteiger partial charge is 0.255 e. The molecule has 3 aromatic rings. The molecule has 0 saturated carbocycles. The van der Waals surface area contributed by atoms with Crippen molar-refractivity contribution in [2.75, 3.05) is 19.0 Å². The number of nitrogens with one attached hydrogen (secondary N) is 2. The fourth-order valence-corrected chi connectivity index (χ4v) is 2.96. The number of hydrogen-bond acceptors (Lipinski definition) is 3. The van der Waals surface area contributed by atoms with E-state index in [1.165, 1.54) is 0 Å². The first-order chi connectivity index (χ1) is 14.1. The largest absolute Gasteiger partial charge is 0.496 e. The average Bonchev–Trinajstić information content (AvgIpc) is 2.75. The van der Waals surface area contributed by atoms with Gasteiger partial charge in [0.15, 0.2) is 0 Å². The van der Waals surface area contributed by atoms with Crippen molar-refractivity contribution in [2.45, 2.75) is 13.3 Å². The summed E-state index contributed by atoms with van der Waals surface area (Å²) in [6.07, 6.45) is 0.656. The molecular weight excluding hydrogens is 364 g/mol. The summed E-state index contributed by atoms with van der Waals surface area (Å²) in [6.45, 7) is 2.46. The average molecular weight is 388 g/mol. The van der Waals surface area contributed by atoms with Gasteiger partial charge in [-0.1, -0.05) is 42.0 Å². The number of para-hydroxylation sites is 1. The number of methoxy groups -OCH3 is 1. The molecule has 0 atom stereocenters. The normalized spacial score (nSPS) is 10.3. The van der Waals surface area contributed by atoms with E-state index in [4.69, 9.17) is 4.74 Å². The molecule has 5 heteroatoms. The maximum atomic E-state index is 12.5. The summed E-state index contributed by atoms with van der Waals surface area (Å²) in [5.74, 6) is 0.332. The van der Waals surface area contributed by atoms with Gasteiger partial charge in [0, 0.05) is 23.4 Å². The second-order valence-corrected chi connectivity index (χ2v) is 6.72. The van der Waals surface area contributed by atoms with Gasteiger partial charge >= 0.3 is 0 Å². The Morgan fingerprint density at radius 2 is 1.55 bits per heavy atom. The van der Waals surface area contributed by atoms with Crippen molar-refractivity contribution in [2.24, 2.45) is 0 Å². The zero-order valence-corrected chi connectivity index (χ0v) is 16.6. The van der Waals surface area contributed by atoms with Crippen molar-refractivity contribution in [3.63, 3.8) is 0 Å². The molecule has 5 nitrogen and oxygen atoms in total. The van der Waals surface area contributed by atoms with Crippen LogP contribution in [0.2, 0.25) is 0 Å². The lowest BCUT2D eigenvalue weighted by Crippen LogP contribution is -2.26. The van der Waals surface area contributed by atoms with Crippen LogP contribution in [0.1, 0.15) is 31.8 Å². The van der Waals surface area contributed by atoms with Crippen LogP contribution in [-0.4, -0.2) is 25.5 Å². The molecule has 0 unspecified atom stereocenters. The molecule has 0 bridgehead atoms. The van der Waals surface area contributed by atoms with E-state index < -0.39 is 0 Å². The Hall–Kier alpha value is -3.60. The fourth-order valence-electron chi connectivity index (χ4n) is 2.96. The van der Waals surface area contributed by atoms with Crippen LogP contribution < -0.4 is 15.4 Å². The number of benzene rings is 3. The maximum Gasteiger partial charge on any atom is 0.255 e. The van der Waals surface area contributed by atoms with Gasteiger partial charge in [0.25, 0.3) is 11.8 Å². The van der Waals surface area contributed by atoms with E-state index in [9.17, 15) is 9.59 Å². The third-order valence-electron chi connectivity index (χ3n) is 4.57. The number of anilines is 1. The van der Waals surface area contributed by atoms with Gasteiger partial charge in [-0.15, -0.1) is 0 Å². The van der Waals surface area contributed by atoms with Crippen LogP contribution in [0.15, 0.2) is 72.8 Å². The van der Waals surface area contributed by atoms with Gasteiger partial charge in [0.1, 0.15) is 5.75 Å². The first-order valence-electron chi connectivity index (χ1n) is 9.45. The lowest BCUT2D eigenvalue weighted by atomic mass is 10.1. The minimum Gasteiger partial charge on any atom is -0.496 e. The van der Waals surface area contributed by atoms with Crippen LogP contribution in [0, 0.1) is 6.92 Å². The van der Waals surface area contributed by atoms with Gasteiger partial charge in [0.05, 0.1) is 7.11 Å². The molecular formula is C24H24N2O3.